The lowest BCUT2D eigenvalue weighted by Gasteiger charge is -2.38. The van der Waals surface area contributed by atoms with E-state index in [1.807, 2.05) is 18.2 Å². The van der Waals surface area contributed by atoms with Crippen LogP contribution in [-0.2, 0) is 4.74 Å². The summed E-state index contributed by atoms with van der Waals surface area (Å²) in [4.78, 5) is 8.47. The SMILES string of the molecule is COCOc1cc(-c2c(F)cc3c(OC(C)(C)C)nc(OC[C@]4(CO)CC4(F)F)nc3c2F)c2c(C#C[Si](C(C)C)(C(C)C)C(C)C)cccc2c1. The number of halogens is 4. The number of fused-ring (bicyclic) bond motifs is 2. The van der Waals surface area contributed by atoms with Crippen LogP contribution in [0.2, 0.25) is 16.6 Å². The van der Waals surface area contributed by atoms with Gasteiger partial charge in [-0.25, -0.2) is 17.6 Å². The minimum atomic E-state index is -3.13. The highest BCUT2D eigenvalue weighted by Gasteiger charge is 2.71. The van der Waals surface area contributed by atoms with Crippen LogP contribution < -0.4 is 14.2 Å². The Morgan fingerprint density at radius 1 is 0.962 bits per heavy atom. The van der Waals surface area contributed by atoms with Crippen LogP contribution in [-0.4, -0.2) is 61.8 Å². The Balaban J connectivity index is 1.79. The summed E-state index contributed by atoms with van der Waals surface area (Å²) in [5.74, 6) is -1.51. The third-order valence-electron chi connectivity index (χ3n) is 10.1. The van der Waals surface area contributed by atoms with Gasteiger partial charge in [0, 0.05) is 30.0 Å². The van der Waals surface area contributed by atoms with E-state index in [2.05, 4.69) is 63.0 Å². The summed E-state index contributed by atoms with van der Waals surface area (Å²) in [5.41, 5.74) is 2.18. The highest BCUT2D eigenvalue weighted by Crippen LogP contribution is 2.60. The Hall–Kier alpha value is -3.92. The molecule has 1 heterocycles. The van der Waals surface area contributed by atoms with Crippen molar-refractivity contribution in [3.05, 3.63) is 53.6 Å². The molecule has 0 radical (unpaired) electrons. The number of nitrogens with zero attached hydrogens (tertiary/aromatic N) is 2. The Labute approximate surface area is 304 Å². The number of hydrogen-bond acceptors (Lipinski definition) is 7. The number of hydrogen-bond donors (Lipinski definition) is 1. The lowest BCUT2D eigenvalue weighted by Crippen LogP contribution is -2.43. The zero-order valence-electron chi connectivity index (χ0n) is 31.5. The fraction of sp³-hybridized carbons (Fsp3) is 0.500. The number of aliphatic hydroxyl groups is 1. The average molecular weight is 741 g/mol. The summed E-state index contributed by atoms with van der Waals surface area (Å²) in [5, 5.41) is 10.8. The molecule has 52 heavy (non-hydrogen) atoms. The Morgan fingerprint density at radius 3 is 2.17 bits per heavy atom. The monoisotopic (exact) mass is 740 g/mol. The van der Waals surface area contributed by atoms with Crippen molar-refractivity contribution in [2.75, 3.05) is 27.1 Å². The van der Waals surface area contributed by atoms with E-state index in [1.165, 1.54) is 7.11 Å². The molecule has 1 fully saturated rings. The van der Waals surface area contributed by atoms with E-state index in [-0.39, 0.29) is 29.1 Å². The summed E-state index contributed by atoms with van der Waals surface area (Å²) in [6, 6.07) is 9.48. The molecule has 0 bridgehead atoms. The molecule has 0 aliphatic heterocycles. The van der Waals surface area contributed by atoms with Gasteiger partial charge in [-0.15, -0.1) is 5.54 Å². The van der Waals surface area contributed by atoms with E-state index in [0.717, 1.165) is 6.07 Å². The maximum absolute atomic E-state index is 17.1. The normalized spacial score (nSPS) is 17.2. The zero-order chi connectivity index (χ0) is 38.4. The van der Waals surface area contributed by atoms with Crippen LogP contribution in [0.25, 0.3) is 32.8 Å². The average Bonchev–Trinajstić information content (AvgIpc) is 3.62. The van der Waals surface area contributed by atoms with Crippen LogP contribution in [0.1, 0.15) is 74.3 Å². The van der Waals surface area contributed by atoms with Gasteiger partial charge in [-0.05, 0) is 67.0 Å². The molecule has 3 aromatic carbocycles. The van der Waals surface area contributed by atoms with Gasteiger partial charge in [0.05, 0.1) is 23.0 Å². The number of aromatic nitrogens is 2. The molecule has 0 amide bonds. The third-order valence-corrected chi connectivity index (χ3v) is 16.4. The van der Waals surface area contributed by atoms with E-state index in [9.17, 15) is 13.9 Å². The molecular formula is C40H48F4N2O5Si. The van der Waals surface area contributed by atoms with Crippen LogP contribution in [0.5, 0.6) is 17.6 Å². The van der Waals surface area contributed by atoms with Crippen molar-refractivity contribution in [1.82, 2.24) is 9.97 Å². The predicted molar refractivity (Wildman–Crippen MR) is 198 cm³/mol. The molecule has 5 rings (SSSR count). The summed E-state index contributed by atoms with van der Waals surface area (Å²) < 4.78 is 84.4. The lowest BCUT2D eigenvalue weighted by atomic mass is 9.93. The number of benzene rings is 3. The minimum Gasteiger partial charge on any atom is -0.471 e. The van der Waals surface area contributed by atoms with E-state index < -0.39 is 67.9 Å². The van der Waals surface area contributed by atoms with Crippen molar-refractivity contribution in [2.24, 2.45) is 5.41 Å². The number of rotatable bonds is 12. The van der Waals surface area contributed by atoms with E-state index in [1.54, 1.807) is 32.9 Å². The van der Waals surface area contributed by atoms with Crippen molar-refractivity contribution >= 4 is 29.7 Å². The van der Waals surface area contributed by atoms with Crippen LogP contribution in [0.4, 0.5) is 17.6 Å². The summed E-state index contributed by atoms with van der Waals surface area (Å²) in [7, 11) is -0.732. The first-order valence-corrected chi connectivity index (χ1v) is 19.8. The summed E-state index contributed by atoms with van der Waals surface area (Å²) >= 11 is 0. The van der Waals surface area contributed by atoms with E-state index in [0.29, 0.717) is 38.7 Å². The van der Waals surface area contributed by atoms with Gasteiger partial charge in [0.2, 0.25) is 5.88 Å². The first-order chi connectivity index (χ1) is 24.3. The van der Waals surface area contributed by atoms with Gasteiger partial charge in [0.25, 0.3) is 5.92 Å². The standard InChI is InChI=1S/C40H48F4N2O5Si/c1-23(2)52(24(3)4,25(5)6)15-14-26-12-11-13-27-16-28(50-22-48-10)17-29(32(26)27)33-31(41)18-30-35(34(33)42)45-37(46-36(30)51-38(7,8)9)49-21-39(20-47)19-40(39,43)44/h11-13,16-18,23-25,47H,19-22H2,1-10H3/t39-/m1/s1. The first kappa shape index (κ1) is 39.3. The molecule has 1 atom stereocenters. The van der Waals surface area contributed by atoms with Gasteiger partial charge in [-0.1, -0.05) is 59.6 Å². The quantitative estimate of drug-likeness (QED) is 0.0670. The molecule has 280 valence electrons. The first-order valence-electron chi connectivity index (χ1n) is 17.5. The fourth-order valence-corrected chi connectivity index (χ4v) is 12.5. The molecule has 1 saturated carbocycles. The maximum atomic E-state index is 17.1. The Kier molecular flexibility index (Phi) is 10.9. The topological polar surface area (TPSA) is 82.9 Å². The van der Waals surface area contributed by atoms with Gasteiger partial charge in [0.1, 0.15) is 37.4 Å². The Morgan fingerprint density at radius 2 is 1.62 bits per heavy atom. The summed E-state index contributed by atoms with van der Waals surface area (Å²) in [6.07, 6.45) is -0.575. The van der Waals surface area contributed by atoms with Crippen LogP contribution >= 0.6 is 0 Å². The van der Waals surface area contributed by atoms with E-state index >= 15 is 8.78 Å². The van der Waals surface area contributed by atoms with Crippen molar-refractivity contribution in [2.45, 2.75) is 96.9 Å². The molecule has 1 aromatic heterocycles. The highest BCUT2D eigenvalue weighted by atomic mass is 28.3. The minimum absolute atomic E-state index is 0.0765. The van der Waals surface area contributed by atoms with Crippen LogP contribution in [0.15, 0.2) is 36.4 Å². The van der Waals surface area contributed by atoms with Gasteiger partial charge < -0.3 is 24.1 Å². The molecular weight excluding hydrogens is 693 g/mol. The number of ether oxygens (including phenoxy) is 4. The second kappa shape index (κ2) is 14.5. The molecule has 4 aromatic rings. The van der Waals surface area contributed by atoms with Gasteiger partial charge in [-0.3, -0.25) is 0 Å². The zero-order valence-corrected chi connectivity index (χ0v) is 32.5. The van der Waals surface area contributed by atoms with Gasteiger partial charge >= 0.3 is 6.01 Å². The van der Waals surface area contributed by atoms with Crippen molar-refractivity contribution in [3.8, 4) is 40.2 Å². The smallest absolute Gasteiger partial charge is 0.320 e. The second-order valence-corrected chi connectivity index (χ2v) is 21.2. The van der Waals surface area contributed by atoms with Crippen LogP contribution in [0.3, 0.4) is 0 Å². The summed E-state index contributed by atoms with van der Waals surface area (Å²) in [6.45, 7) is 16.9. The second-order valence-electron chi connectivity index (χ2n) is 15.7. The van der Waals surface area contributed by atoms with Crippen molar-refractivity contribution in [1.29, 1.82) is 0 Å². The number of alkyl halides is 2. The van der Waals surface area contributed by atoms with E-state index in [4.69, 9.17) is 18.9 Å². The molecule has 0 unspecified atom stereocenters. The van der Waals surface area contributed by atoms with Crippen molar-refractivity contribution in [3.63, 3.8) is 0 Å². The van der Waals surface area contributed by atoms with Crippen LogP contribution in [0, 0.1) is 28.5 Å². The molecule has 7 nitrogen and oxygen atoms in total. The third kappa shape index (κ3) is 7.32. The molecule has 0 saturated heterocycles. The lowest BCUT2D eigenvalue weighted by molar-refractivity contribution is 0.0124. The number of aliphatic hydroxyl groups excluding tert-OH is 1. The maximum Gasteiger partial charge on any atom is 0.320 e. The highest BCUT2D eigenvalue weighted by molar-refractivity contribution is 6.90. The molecule has 12 heteroatoms. The molecule has 1 aliphatic carbocycles. The molecule has 1 aliphatic rings. The van der Waals surface area contributed by atoms with Crippen molar-refractivity contribution < 1.29 is 41.6 Å². The van der Waals surface area contributed by atoms with Gasteiger partial charge in [-0.2, -0.15) is 9.97 Å². The predicted octanol–water partition coefficient (Wildman–Crippen LogP) is 9.85. The molecule has 1 N–H and O–H groups in total. The largest absolute Gasteiger partial charge is 0.471 e. The molecule has 0 spiro atoms. The Bertz CT molecular complexity index is 2010. The number of methoxy groups -OCH3 is 1. The van der Waals surface area contributed by atoms with Gasteiger partial charge in [0.15, 0.2) is 12.6 Å². The fourth-order valence-electron chi connectivity index (χ4n) is 7.31.